The van der Waals surface area contributed by atoms with Crippen LogP contribution < -0.4 is 14.8 Å². The van der Waals surface area contributed by atoms with Gasteiger partial charge in [0.1, 0.15) is 18.1 Å². The summed E-state index contributed by atoms with van der Waals surface area (Å²) in [6.45, 7) is 7.20. The predicted molar refractivity (Wildman–Crippen MR) is 98.8 cm³/mol. The summed E-state index contributed by atoms with van der Waals surface area (Å²) >= 11 is 1.49. The van der Waals surface area contributed by atoms with Crippen molar-refractivity contribution < 1.29 is 14.3 Å². The highest BCUT2D eigenvalue weighted by molar-refractivity contribution is 7.13. The molecule has 1 aromatic heterocycles. The molecule has 134 valence electrons. The number of fused-ring (bicyclic) bond motifs is 1. The van der Waals surface area contributed by atoms with Gasteiger partial charge in [-0.05, 0) is 43.9 Å². The van der Waals surface area contributed by atoms with Gasteiger partial charge in [0.05, 0.1) is 16.7 Å². The molecule has 1 aliphatic rings. The van der Waals surface area contributed by atoms with Crippen LogP contribution in [-0.2, 0) is 6.42 Å². The zero-order valence-electron chi connectivity index (χ0n) is 14.9. The van der Waals surface area contributed by atoms with Crippen molar-refractivity contribution in [2.45, 2.75) is 46.1 Å². The number of nitrogens with one attached hydrogen (secondary N) is 1. The molecule has 2 heterocycles. The van der Waals surface area contributed by atoms with Gasteiger partial charge >= 0.3 is 0 Å². The van der Waals surface area contributed by atoms with Gasteiger partial charge in [0, 0.05) is 0 Å². The molecule has 0 saturated heterocycles. The van der Waals surface area contributed by atoms with E-state index in [9.17, 15) is 4.79 Å². The van der Waals surface area contributed by atoms with E-state index in [0.717, 1.165) is 47.0 Å². The molecule has 0 aliphatic carbocycles. The summed E-state index contributed by atoms with van der Waals surface area (Å²) in [6.07, 6.45) is 2.74. The van der Waals surface area contributed by atoms with Gasteiger partial charge in [-0.15, -0.1) is 11.3 Å². The number of aryl methyl sites for hydroxylation is 2. The summed E-state index contributed by atoms with van der Waals surface area (Å²) in [5, 5.41) is 4.16. The van der Waals surface area contributed by atoms with Crippen LogP contribution in [0.2, 0.25) is 0 Å². The maximum Gasteiger partial charge on any atom is 0.263 e. The molecular weight excluding hydrogens is 336 g/mol. The number of rotatable bonds is 6. The van der Waals surface area contributed by atoms with Crippen LogP contribution in [0.1, 0.15) is 58.7 Å². The van der Waals surface area contributed by atoms with Crippen LogP contribution >= 0.6 is 11.3 Å². The fraction of sp³-hybridized carbons (Fsp3) is 0.474. The minimum Gasteiger partial charge on any atom is -0.486 e. The second kappa shape index (κ2) is 7.87. The molecular formula is C19H24N2O3S. The third-order valence-corrected chi connectivity index (χ3v) is 5.41. The highest BCUT2D eigenvalue weighted by Crippen LogP contribution is 2.33. The smallest absolute Gasteiger partial charge is 0.263 e. The summed E-state index contributed by atoms with van der Waals surface area (Å²) in [7, 11) is 0. The number of carbonyl (C=O) groups is 1. The minimum absolute atomic E-state index is 0.0564. The molecule has 1 N–H and O–H groups in total. The standard InChI is InChI=1S/C19H24N2O3S/c1-4-6-17-20-12(3)18(25-17)19(22)21-14(5-2)13-7-8-15-16(11-13)24-10-9-23-15/h7-8,11,14H,4-6,9-10H2,1-3H3,(H,21,22). The molecule has 0 saturated carbocycles. The maximum atomic E-state index is 12.7. The van der Waals surface area contributed by atoms with E-state index in [2.05, 4.69) is 24.1 Å². The first-order valence-corrected chi connectivity index (χ1v) is 9.60. The number of nitrogens with zero attached hydrogens (tertiary/aromatic N) is 1. The Morgan fingerprint density at radius 1 is 1.28 bits per heavy atom. The van der Waals surface area contributed by atoms with E-state index in [1.54, 1.807) is 0 Å². The van der Waals surface area contributed by atoms with Crippen molar-refractivity contribution in [1.82, 2.24) is 10.3 Å². The summed E-state index contributed by atoms with van der Waals surface area (Å²) in [5.74, 6) is 1.45. The molecule has 0 spiro atoms. The van der Waals surface area contributed by atoms with Crippen molar-refractivity contribution in [2.24, 2.45) is 0 Å². The number of hydrogen-bond acceptors (Lipinski definition) is 5. The third-order valence-electron chi connectivity index (χ3n) is 4.19. The van der Waals surface area contributed by atoms with Gasteiger partial charge in [-0.3, -0.25) is 4.79 Å². The SMILES string of the molecule is CCCc1nc(C)c(C(=O)NC(CC)c2ccc3c(c2)OCCO3)s1. The number of aromatic nitrogens is 1. The van der Waals surface area contributed by atoms with Crippen LogP contribution in [0.5, 0.6) is 11.5 Å². The fourth-order valence-electron chi connectivity index (χ4n) is 2.91. The third kappa shape index (κ3) is 3.95. The van der Waals surface area contributed by atoms with Gasteiger partial charge in [0.25, 0.3) is 5.91 Å². The lowest BCUT2D eigenvalue weighted by atomic mass is 10.0. The Morgan fingerprint density at radius 2 is 2.04 bits per heavy atom. The highest BCUT2D eigenvalue weighted by Gasteiger charge is 2.21. The number of thiazole rings is 1. The lowest BCUT2D eigenvalue weighted by Gasteiger charge is -2.22. The summed E-state index contributed by atoms with van der Waals surface area (Å²) < 4.78 is 11.2. The topological polar surface area (TPSA) is 60.5 Å². The molecule has 5 nitrogen and oxygen atoms in total. The van der Waals surface area contributed by atoms with Crippen LogP contribution in [0.25, 0.3) is 0 Å². The van der Waals surface area contributed by atoms with Crippen LogP contribution in [0.4, 0.5) is 0 Å². The second-order valence-electron chi connectivity index (χ2n) is 6.11. The molecule has 6 heteroatoms. The highest BCUT2D eigenvalue weighted by atomic mass is 32.1. The molecule has 1 aliphatic heterocycles. The van der Waals surface area contributed by atoms with Gasteiger partial charge in [-0.1, -0.05) is 19.9 Å². The molecule has 0 radical (unpaired) electrons. The maximum absolute atomic E-state index is 12.7. The van der Waals surface area contributed by atoms with Crippen molar-refractivity contribution in [3.05, 3.63) is 39.3 Å². The molecule has 1 unspecified atom stereocenters. The molecule has 2 aromatic rings. The van der Waals surface area contributed by atoms with Crippen molar-refractivity contribution >= 4 is 17.2 Å². The molecule has 1 atom stereocenters. The lowest BCUT2D eigenvalue weighted by molar-refractivity contribution is 0.0938. The minimum atomic E-state index is -0.0700. The summed E-state index contributed by atoms with van der Waals surface area (Å²) in [4.78, 5) is 17.9. The normalized spacial score (nSPS) is 14.2. The molecule has 25 heavy (non-hydrogen) atoms. The van der Waals surface area contributed by atoms with Gasteiger partial charge in [-0.25, -0.2) is 4.98 Å². The number of amides is 1. The molecule has 3 rings (SSSR count). The van der Waals surface area contributed by atoms with E-state index < -0.39 is 0 Å². The molecule has 0 bridgehead atoms. The average molecular weight is 360 g/mol. The first-order valence-electron chi connectivity index (χ1n) is 8.79. The van der Waals surface area contributed by atoms with E-state index in [0.29, 0.717) is 18.1 Å². The number of benzene rings is 1. The zero-order valence-corrected chi connectivity index (χ0v) is 15.7. The van der Waals surface area contributed by atoms with E-state index in [-0.39, 0.29) is 11.9 Å². The van der Waals surface area contributed by atoms with Crippen LogP contribution in [0, 0.1) is 6.92 Å². The Hall–Kier alpha value is -2.08. The average Bonchev–Trinajstić information content (AvgIpc) is 3.00. The van der Waals surface area contributed by atoms with Crippen LogP contribution in [0.3, 0.4) is 0 Å². The Balaban J connectivity index is 1.76. The van der Waals surface area contributed by atoms with E-state index in [1.165, 1.54) is 11.3 Å². The van der Waals surface area contributed by atoms with E-state index in [4.69, 9.17) is 9.47 Å². The van der Waals surface area contributed by atoms with Crippen molar-refractivity contribution in [1.29, 1.82) is 0 Å². The predicted octanol–water partition coefficient (Wildman–Crippen LogP) is 4.06. The van der Waals surface area contributed by atoms with Crippen LogP contribution in [0.15, 0.2) is 18.2 Å². The largest absolute Gasteiger partial charge is 0.486 e. The quantitative estimate of drug-likeness (QED) is 0.844. The first kappa shape index (κ1) is 17.7. The van der Waals surface area contributed by atoms with Crippen molar-refractivity contribution in [3.63, 3.8) is 0 Å². The van der Waals surface area contributed by atoms with E-state index in [1.807, 2.05) is 25.1 Å². The monoisotopic (exact) mass is 360 g/mol. The molecule has 1 amide bonds. The number of carbonyl (C=O) groups excluding carboxylic acids is 1. The Bertz CT molecular complexity index is 757. The summed E-state index contributed by atoms with van der Waals surface area (Å²) in [6, 6.07) is 5.80. The molecule has 1 aromatic carbocycles. The Labute approximate surface area is 152 Å². The molecule has 0 fully saturated rings. The number of ether oxygens (including phenoxy) is 2. The fourth-order valence-corrected chi connectivity index (χ4v) is 3.97. The second-order valence-corrected chi connectivity index (χ2v) is 7.19. The van der Waals surface area contributed by atoms with Crippen molar-refractivity contribution in [2.75, 3.05) is 13.2 Å². The van der Waals surface area contributed by atoms with Gasteiger partial charge in [0.15, 0.2) is 11.5 Å². The van der Waals surface area contributed by atoms with Crippen molar-refractivity contribution in [3.8, 4) is 11.5 Å². The van der Waals surface area contributed by atoms with Gasteiger partial charge < -0.3 is 14.8 Å². The zero-order chi connectivity index (χ0) is 17.8. The van der Waals surface area contributed by atoms with E-state index >= 15 is 0 Å². The van der Waals surface area contributed by atoms with Gasteiger partial charge in [-0.2, -0.15) is 0 Å². The lowest BCUT2D eigenvalue weighted by Crippen LogP contribution is -2.28. The summed E-state index contributed by atoms with van der Waals surface area (Å²) in [5.41, 5.74) is 1.83. The van der Waals surface area contributed by atoms with Gasteiger partial charge in [0.2, 0.25) is 0 Å². The Kier molecular flexibility index (Phi) is 5.58. The Morgan fingerprint density at radius 3 is 2.76 bits per heavy atom. The number of hydrogen-bond donors (Lipinski definition) is 1. The van der Waals surface area contributed by atoms with Crippen LogP contribution in [-0.4, -0.2) is 24.1 Å². The first-order chi connectivity index (χ1) is 12.1.